The second-order valence-corrected chi connectivity index (χ2v) is 2.74. The first kappa shape index (κ1) is 10.8. The van der Waals surface area contributed by atoms with E-state index in [9.17, 15) is 0 Å². The molecule has 0 aromatic rings. The van der Waals surface area contributed by atoms with Crippen molar-refractivity contribution < 1.29 is 10.2 Å². The third-order valence-corrected chi connectivity index (χ3v) is 1.48. The van der Waals surface area contributed by atoms with E-state index in [1.54, 1.807) is 0 Å². The Kier molecular flexibility index (Phi) is 6.45. The smallest absolute Gasteiger partial charge is 0.0897 e. The molecule has 0 aromatic carbocycles. The van der Waals surface area contributed by atoms with Crippen molar-refractivity contribution in [1.82, 2.24) is 4.90 Å². The maximum atomic E-state index is 9.00. The first-order valence-corrected chi connectivity index (χ1v) is 3.88. The average molecular weight is 162 g/mol. The summed E-state index contributed by atoms with van der Waals surface area (Å²) in [5.74, 6) is 0. The monoisotopic (exact) mass is 162 g/mol. The van der Waals surface area contributed by atoms with Gasteiger partial charge in [-0.1, -0.05) is 0 Å². The predicted molar refractivity (Wildman–Crippen MR) is 44.3 cm³/mol. The summed E-state index contributed by atoms with van der Waals surface area (Å²) in [5, 5.41) is 17.5. The van der Waals surface area contributed by atoms with Crippen LogP contribution in [0.1, 0.15) is 6.42 Å². The van der Waals surface area contributed by atoms with E-state index in [-0.39, 0.29) is 6.61 Å². The highest BCUT2D eigenvalue weighted by Gasteiger charge is 2.04. The molecular formula is C7H18N2O2. The lowest BCUT2D eigenvalue weighted by Gasteiger charge is -2.18. The van der Waals surface area contributed by atoms with Crippen LogP contribution in [-0.2, 0) is 0 Å². The lowest BCUT2D eigenvalue weighted by Crippen LogP contribution is -2.32. The van der Waals surface area contributed by atoms with Crippen molar-refractivity contribution in [3.05, 3.63) is 0 Å². The lowest BCUT2D eigenvalue weighted by atomic mass is 10.3. The summed E-state index contributed by atoms with van der Waals surface area (Å²) in [7, 11) is 1.90. The van der Waals surface area contributed by atoms with Crippen molar-refractivity contribution in [2.24, 2.45) is 5.73 Å². The topological polar surface area (TPSA) is 69.7 Å². The highest BCUT2D eigenvalue weighted by atomic mass is 16.3. The molecule has 0 aliphatic rings. The van der Waals surface area contributed by atoms with Gasteiger partial charge < -0.3 is 20.8 Å². The van der Waals surface area contributed by atoms with Gasteiger partial charge in [-0.15, -0.1) is 0 Å². The molecule has 0 aliphatic carbocycles. The van der Waals surface area contributed by atoms with Crippen LogP contribution >= 0.6 is 0 Å². The molecule has 0 unspecified atom stereocenters. The van der Waals surface area contributed by atoms with Crippen LogP contribution in [0.3, 0.4) is 0 Å². The van der Waals surface area contributed by atoms with Crippen molar-refractivity contribution in [3.63, 3.8) is 0 Å². The summed E-state index contributed by atoms with van der Waals surface area (Å²) in [4.78, 5) is 1.95. The molecule has 0 heterocycles. The number of aliphatic hydroxyl groups is 2. The maximum absolute atomic E-state index is 9.00. The minimum absolute atomic E-state index is 0.174. The quantitative estimate of drug-likeness (QED) is 0.450. The van der Waals surface area contributed by atoms with E-state index in [0.717, 1.165) is 13.0 Å². The number of likely N-dealkylation sites (N-methyl/N-ethyl adjacent to an activating group) is 1. The molecule has 0 amide bonds. The van der Waals surface area contributed by atoms with Crippen LogP contribution in [-0.4, -0.2) is 54.5 Å². The summed E-state index contributed by atoms with van der Waals surface area (Å²) < 4.78 is 0. The van der Waals surface area contributed by atoms with Crippen molar-refractivity contribution in [3.8, 4) is 0 Å². The maximum Gasteiger partial charge on any atom is 0.0897 e. The molecule has 0 aliphatic heterocycles. The summed E-state index contributed by atoms with van der Waals surface area (Å²) in [6.45, 7) is 1.87. The van der Waals surface area contributed by atoms with Gasteiger partial charge >= 0.3 is 0 Å². The molecule has 0 bridgehead atoms. The van der Waals surface area contributed by atoms with Crippen LogP contribution in [0.5, 0.6) is 0 Å². The highest BCUT2D eigenvalue weighted by molar-refractivity contribution is 4.59. The Balaban J connectivity index is 3.27. The van der Waals surface area contributed by atoms with Crippen molar-refractivity contribution in [2.45, 2.75) is 12.5 Å². The van der Waals surface area contributed by atoms with E-state index in [0.29, 0.717) is 13.1 Å². The van der Waals surface area contributed by atoms with Crippen LogP contribution in [0, 0.1) is 0 Å². The zero-order chi connectivity index (χ0) is 8.69. The number of rotatable bonds is 6. The van der Waals surface area contributed by atoms with E-state index in [1.165, 1.54) is 0 Å². The van der Waals surface area contributed by atoms with Crippen LogP contribution in [0.15, 0.2) is 0 Å². The normalized spacial score (nSPS) is 13.9. The molecule has 0 rings (SSSR count). The first-order chi connectivity index (χ1) is 5.20. The van der Waals surface area contributed by atoms with E-state index in [2.05, 4.69) is 0 Å². The zero-order valence-corrected chi connectivity index (χ0v) is 7.03. The number of nitrogens with zero attached hydrogens (tertiary/aromatic N) is 1. The fourth-order valence-corrected chi connectivity index (χ4v) is 0.870. The van der Waals surface area contributed by atoms with Gasteiger partial charge in [0.15, 0.2) is 0 Å². The zero-order valence-electron chi connectivity index (χ0n) is 7.03. The van der Waals surface area contributed by atoms with Gasteiger partial charge in [-0.05, 0) is 26.6 Å². The Morgan fingerprint density at radius 3 is 2.64 bits per heavy atom. The fraction of sp³-hybridized carbons (Fsp3) is 1.00. The van der Waals surface area contributed by atoms with Crippen LogP contribution < -0.4 is 5.73 Å². The third kappa shape index (κ3) is 6.25. The van der Waals surface area contributed by atoms with Crippen LogP contribution in [0.4, 0.5) is 0 Å². The molecule has 4 heteroatoms. The SMILES string of the molecule is CN(CCCN)C[C@@H](O)CO. The van der Waals surface area contributed by atoms with Crippen LogP contribution in [0.25, 0.3) is 0 Å². The molecule has 0 saturated carbocycles. The summed E-state index contributed by atoms with van der Waals surface area (Å²) in [6, 6.07) is 0. The third-order valence-electron chi connectivity index (χ3n) is 1.48. The first-order valence-electron chi connectivity index (χ1n) is 3.88. The Hall–Kier alpha value is -0.160. The fourth-order valence-electron chi connectivity index (χ4n) is 0.870. The number of nitrogens with two attached hydrogens (primary N) is 1. The molecule has 0 fully saturated rings. The Morgan fingerprint density at radius 1 is 1.55 bits per heavy atom. The van der Waals surface area contributed by atoms with Gasteiger partial charge in [-0.25, -0.2) is 0 Å². The average Bonchev–Trinajstić information content (AvgIpc) is 2.00. The van der Waals surface area contributed by atoms with Gasteiger partial charge in [0.05, 0.1) is 12.7 Å². The molecule has 0 saturated heterocycles. The molecule has 0 aromatic heterocycles. The van der Waals surface area contributed by atoms with Crippen molar-refractivity contribution in [2.75, 3.05) is 33.3 Å². The Morgan fingerprint density at radius 2 is 2.18 bits per heavy atom. The standard InChI is InChI=1S/C7H18N2O2/c1-9(4-2-3-8)5-7(11)6-10/h7,10-11H,2-6,8H2,1H3/t7-/m1/s1. The van der Waals surface area contributed by atoms with Gasteiger partial charge in [0.1, 0.15) is 0 Å². The predicted octanol–water partition coefficient (Wildman–Crippen LogP) is -1.38. The molecule has 68 valence electrons. The minimum atomic E-state index is -0.627. The van der Waals surface area contributed by atoms with Gasteiger partial charge in [-0.2, -0.15) is 0 Å². The number of hydrogen-bond acceptors (Lipinski definition) is 4. The van der Waals surface area contributed by atoms with Crippen molar-refractivity contribution in [1.29, 1.82) is 0 Å². The van der Waals surface area contributed by atoms with Gasteiger partial charge in [0.25, 0.3) is 0 Å². The molecule has 4 nitrogen and oxygen atoms in total. The van der Waals surface area contributed by atoms with E-state index < -0.39 is 6.10 Å². The number of hydrogen-bond donors (Lipinski definition) is 3. The lowest BCUT2D eigenvalue weighted by molar-refractivity contribution is 0.0665. The highest BCUT2D eigenvalue weighted by Crippen LogP contribution is 1.89. The largest absolute Gasteiger partial charge is 0.394 e. The van der Waals surface area contributed by atoms with E-state index >= 15 is 0 Å². The van der Waals surface area contributed by atoms with Gasteiger partial charge in [0, 0.05) is 6.54 Å². The molecule has 11 heavy (non-hydrogen) atoms. The van der Waals surface area contributed by atoms with Gasteiger partial charge in [0.2, 0.25) is 0 Å². The van der Waals surface area contributed by atoms with Gasteiger partial charge in [-0.3, -0.25) is 0 Å². The molecule has 1 atom stereocenters. The molecule has 0 radical (unpaired) electrons. The Labute approximate surface area is 67.6 Å². The second kappa shape index (κ2) is 6.54. The van der Waals surface area contributed by atoms with E-state index in [4.69, 9.17) is 15.9 Å². The van der Waals surface area contributed by atoms with Crippen molar-refractivity contribution >= 4 is 0 Å². The summed E-state index contributed by atoms with van der Waals surface area (Å²) in [5.41, 5.74) is 5.30. The Bertz CT molecular complexity index is 90.5. The minimum Gasteiger partial charge on any atom is -0.394 e. The number of aliphatic hydroxyl groups excluding tert-OH is 2. The molecule has 0 spiro atoms. The second-order valence-electron chi connectivity index (χ2n) is 2.74. The molecule has 4 N–H and O–H groups in total. The van der Waals surface area contributed by atoms with E-state index in [1.807, 2.05) is 11.9 Å². The van der Waals surface area contributed by atoms with Crippen LogP contribution in [0.2, 0.25) is 0 Å². The summed E-state index contributed by atoms with van der Waals surface area (Å²) >= 11 is 0. The summed E-state index contributed by atoms with van der Waals surface area (Å²) in [6.07, 6.45) is 0.298. The molecular weight excluding hydrogens is 144 g/mol.